The van der Waals surface area contributed by atoms with Crippen LogP contribution in [-0.4, -0.2) is 12.4 Å². The van der Waals surface area contributed by atoms with Crippen molar-refractivity contribution < 1.29 is 4.74 Å². The van der Waals surface area contributed by atoms with Crippen LogP contribution in [0.1, 0.15) is 25.0 Å². The molecule has 0 aliphatic carbocycles. The van der Waals surface area contributed by atoms with Crippen molar-refractivity contribution in [2.75, 3.05) is 12.4 Å². The van der Waals surface area contributed by atoms with E-state index < -0.39 is 0 Å². The van der Waals surface area contributed by atoms with Crippen LogP contribution in [-0.2, 0) is 6.42 Å². The van der Waals surface area contributed by atoms with Crippen LogP contribution in [0.2, 0.25) is 0 Å². The van der Waals surface area contributed by atoms with Crippen LogP contribution >= 0.6 is 12.6 Å². The van der Waals surface area contributed by atoms with Gasteiger partial charge >= 0.3 is 0 Å². The Morgan fingerprint density at radius 1 is 0.905 bits per heavy atom. The van der Waals surface area contributed by atoms with Crippen LogP contribution < -0.4 is 4.74 Å². The number of rotatable bonds is 7. The van der Waals surface area contributed by atoms with E-state index in [1.807, 2.05) is 6.07 Å². The molecule has 0 bridgehead atoms. The lowest BCUT2D eigenvalue weighted by Gasteiger charge is -2.19. The van der Waals surface area contributed by atoms with Crippen LogP contribution in [0.3, 0.4) is 0 Å². The maximum atomic E-state index is 5.88. The molecule has 2 rings (SSSR count). The van der Waals surface area contributed by atoms with Gasteiger partial charge in [0.25, 0.3) is 0 Å². The Morgan fingerprint density at radius 3 is 2.10 bits per heavy atom. The molecule has 0 saturated heterocycles. The van der Waals surface area contributed by atoms with E-state index in [9.17, 15) is 0 Å². The third kappa shape index (κ3) is 5.13. The number of ether oxygens (including phenoxy) is 1. The van der Waals surface area contributed by atoms with E-state index in [1.54, 1.807) is 0 Å². The van der Waals surface area contributed by atoms with Gasteiger partial charge in [-0.15, -0.1) is 0 Å². The number of hydrogen-bond acceptors (Lipinski definition) is 2. The highest BCUT2D eigenvalue weighted by Crippen LogP contribution is 2.18. The Kier molecular flexibility index (Phi) is 6.19. The SMILES string of the molecule is CC(C)C(CS)COc1ccc(Cc2ccccc2)cc1. The minimum atomic E-state index is 0.498. The Labute approximate surface area is 133 Å². The molecule has 0 radical (unpaired) electrons. The average molecular weight is 300 g/mol. The highest BCUT2D eigenvalue weighted by Gasteiger charge is 2.12. The third-order valence-corrected chi connectivity index (χ3v) is 4.28. The zero-order valence-electron chi connectivity index (χ0n) is 12.8. The van der Waals surface area contributed by atoms with Crippen LogP contribution in [0.5, 0.6) is 5.75 Å². The molecule has 1 nitrogen and oxygen atoms in total. The Balaban J connectivity index is 1.90. The van der Waals surface area contributed by atoms with Gasteiger partial charge in [0.2, 0.25) is 0 Å². The van der Waals surface area contributed by atoms with Crippen LogP contribution in [0.15, 0.2) is 54.6 Å². The largest absolute Gasteiger partial charge is 0.493 e. The standard InChI is InChI=1S/C19H24OS/c1-15(2)18(14-21)13-20-19-10-8-17(9-11-19)12-16-6-4-3-5-7-16/h3-11,15,18,21H,12-14H2,1-2H3. The van der Waals surface area contributed by atoms with Crippen molar-refractivity contribution in [3.8, 4) is 5.75 Å². The predicted molar refractivity (Wildman–Crippen MR) is 93.4 cm³/mol. The van der Waals surface area contributed by atoms with E-state index in [0.717, 1.165) is 24.5 Å². The zero-order valence-corrected chi connectivity index (χ0v) is 13.7. The summed E-state index contributed by atoms with van der Waals surface area (Å²) in [6.07, 6.45) is 0.965. The van der Waals surface area contributed by atoms with E-state index in [2.05, 4.69) is 75.0 Å². The van der Waals surface area contributed by atoms with E-state index in [0.29, 0.717) is 11.8 Å². The van der Waals surface area contributed by atoms with Crippen molar-refractivity contribution in [2.45, 2.75) is 20.3 Å². The maximum Gasteiger partial charge on any atom is 0.119 e. The minimum absolute atomic E-state index is 0.498. The summed E-state index contributed by atoms with van der Waals surface area (Å²) in [5.74, 6) is 2.90. The van der Waals surface area contributed by atoms with Gasteiger partial charge in [0.05, 0.1) is 6.61 Å². The van der Waals surface area contributed by atoms with Crippen LogP contribution in [0.4, 0.5) is 0 Å². The predicted octanol–water partition coefficient (Wildman–Crippen LogP) is 4.86. The summed E-state index contributed by atoms with van der Waals surface area (Å²) in [6, 6.07) is 18.9. The van der Waals surface area contributed by atoms with Gasteiger partial charge in [-0.3, -0.25) is 0 Å². The second-order valence-corrected chi connectivity index (χ2v) is 6.17. The normalized spacial score (nSPS) is 12.4. The summed E-state index contributed by atoms with van der Waals surface area (Å²) in [5.41, 5.74) is 2.64. The van der Waals surface area contributed by atoms with Crippen molar-refractivity contribution >= 4 is 12.6 Å². The molecular weight excluding hydrogens is 276 g/mol. The molecule has 0 heterocycles. The van der Waals surface area contributed by atoms with Gasteiger partial charge in [0.15, 0.2) is 0 Å². The van der Waals surface area contributed by atoms with Gasteiger partial charge in [0, 0.05) is 5.92 Å². The number of thiol groups is 1. The summed E-state index contributed by atoms with van der Waals surface area (Å²) in [5, 5.41) is 0. The number of benzene rings is 2. The van der Waals surface area contributed by atoms with Gasteiger partial charge < -0.3 is 4.74 Å². The first-order valence-corrected chi connectivity index (χ1v) is 8.19. The lowest BCUT2D eigenvalue weighted by Crippen LogP contribution is -2.19. The van der Waals surface area contributed by atoms with Crippen LogP contribution in [0, 0.1) is 11.8 Å². The van der Waals surface area contributed by atoms with Gasteiger partial charge in [0.1, 0.15) is 5.75 Å². The molecule has 0 amide bonds. The molecular formula is C19H24OS. The van der Waals surface area contributed by atoms with E-state index >= 15 is 0 Å². The molecule has 2 heteroatoms. The van der Waals surface area contributed by atoms with E-state index in [4.69, 9.17) is 4.74 Å². The first kappa shape index (κ1) is 16.0. The second kappa shape index (κ2) is 8.14. The lowest BCUT2D eigenvalue weighted by atomic mass is 9.99. The fourth-order valence-electron chi connectivity index (χ4n) is 2.19. The monoisotopic (exact) mass is 300 g/mol. The highest BCUT2D eigenvalue weighted by atomic mass is 32.1. The molecule has 0 aromatic heterocycles. The van der Waals surface area contributed by atoms with Gasteiger partial charge in [-0.1, -0.05) is 56.3 Å². The van der Waals surface area contributed by atoms with Crippen molar-refractivity contribution in [1.29, 1.82) is 0 Å². The third-order valence-electron chi connectivity index (χ3n) is 3.82. The van der Waals surface area contributed by atoms with Crippen LogP contribution in [0.25, 0.3) is 0 Å². The molecule has 0 aliphatic heterocycles. The molecule has 1 atom stereocenters. The highest BCUT2D eigenvalue weighted by molar-refractivity contribution is 7.80. The minimum Gasteiger partial charge on any atom is -0.493 e. The Hall–Kier alpha value is -1.41. The molecule has 2 aromatic rings. The molecule has 2 aromatic carbocycles. The maximum absolute atomic E-state index is 5.88. The number of hydrogen-bond donors (Lipinski definition) is 1. The molecule has 1 unspecified atom stereocenters. The van der Waals surface area contributed by atoms with Crippen molar-refractivity contribution in [2.24, 2.45) is 11.8 Å². The topological polar surface area (TPSA) is 9.23 Å². The molecule has 0 saturated carbocycles. The summed E-state index contributed by atoms with van der Waals surface area (Å²) < 4.78 is 5.88. The molecule has 0 fully saturated rings. The zero-order chi connectivity index (χ0) is 15.1. The Bertz CT molecular complexity index is 519. The summed E-state index contributed by atoms with van der Waals surface area (Å²) in [4.78, 5) is 0. The average Bonchev–Trinajstić information content (AvgIpc) is 2.50. The summed E-state index contributed by atoms with van der Waals surface area (Å²) in [7, 11) is 0. The molecule has 21 heavy (non-hydrogen) atoms. The van der Waals surface area contributed by atoms with Gasteiger partial charge in [-0.05, 0) is 41.4 Å². The fourth-order valence-corrected chi connectivity index (χ4v) is 2.72. The first-order chi connectivity index (χ1) is 10.2. The van der Waals surface area contributed by atoms with E-state index in [1.165, 1.54) is 11.1 Å². The first-order valence-electron chi connectivity index (χ1n) is 7.55. The fraction of sp³-hybridized carbons (Fsp3) is 0.368. The summed E-state index contributed by atoms with van der Waals surface area (Å²) in [6.45, 7) is 5.17. The van der Waals surface area contributed by atoms with Crippen molar-refractivity contribution in [3.05, 3.63) is 65.7 Å². The molecule has 0 N–H and O–H groups in total. The second-order valence-electron chi connectivity index (χ2n) is 5.80. The molecule has 0 aliphatic rings. The van der Waals surface area contributed by atoms with Gasteiger partial charge in [-0.25, -0.2) is 0 Å². The Morgan fingerprint density at radius 2 is 1.52 bits per heavy atom. The smallest absolute Gasteiger partial charge is 0.119 e. The van der Waals surface area contributed by atoms with Crippen molar-refractivity contribution in [1.82, 2.24) is 0 Å². The lowest BCUT2D eigenvalue weighted by molar-refractivity contribution is 0.227. The van der Waals surface area contributed by atoms with Crippen molar-refractivity contribution in [3.63, 3.8) is 0 Å². The van der Waals surface area contributed by atoms with Gasteiger partial charge in [-0.2, -0.15) is 12.6 Å². The van der Waals surface area contributed by atoms with E-state index in [-0.39, 0.29) is 0 Å². The quantitative estimate of drug-likeness (QED) is 0.719. The molecule has 112 valence electrons. The molecule has 0 spiro atoms. The summed E-state index contributed by atoms with van der Waals surface area (Å²) >= 11 is 4.39.